The van der Waals surface area contributed by atoms with Crippen LogP contribution in [-0.2, 0) is 4.74 Å². The first-order valence-corrected chi connectivity index (χ1v) is 14.3. The molecule has 0 aliphatic carbocycles. The van der Waals surface area contributed by atoms with E-state index in [2.05, 4.69) is 32.3 Å². The van der Waals surface area contributed by atoms with Crippen LogP contribution in [0.25, 0.3) is 0 Å². The molecular formula is C25H38N2O6Si. The van der Waals surface area contributed by atoms with Crippen LogP contribution in [0, 0.1) is 0 Å². The molecular weight excluding hydrogens is 452 g/mol. The van der Waals surface area contributed by atoms with Crippen molar-refractivity contribution >= 4 is 26.0 Å². The third kappa shape index (κ3) is 6.42. The number of nitrogens with one attached hydrogen (secondary N) is 1. The summed E-state index contributed by atoms with van der Waals surface area (Å²) in [6.07, 6.45) is 2.98. The summed E-state index contributed by atoms with van der Waals surface area (Å²) in [5.74, 6) is 0.499. The molecule has 1 aromatic carbocycles. The van der Waals surface area contributed by atoms with Crippen molar-refractivity contribution in [2.24, 2.45) is 0 Å². The van der Waals surface area contributed by atoms with Crippen LogP contribution in [0.3, 0.4) is 0 Å². The zero-order chi connectivity index (χ0) is 25.7. The van der Waals surface area contributed by atoms with Crippen LogP contribution in [0.5, 0.6) is 11.5 Å². The van der Waals surface area contributed by atoms with E-state index in [-0.39, 0.29) is 34.8 Å². The first-order chi connectivity index (χ1) is 15.8. The predicted molar refractivity (Wildman–Crippen MR) is 136 cm³/mol. The van der Waals surface area contributed by atoms with Gasteiger partial charge in [0.1, 0.15) is 6.61 Å². The van der Waals surface area contributed by atoms with E-state index in [0.717, 1.165) is 18.4 Å². The van der Waals surface area contributed by atoms with Crippen molar-refractivity contribution in [1.82, 2.24) is 4.90 Å². The van der Waals surface area contributed by atoms with Crippen LogP contribution in [0.2, 0.25) is 18.1 Å². The molecule has 1 aromatic rings. The minimum Gasteiger partial charge on any atom is -0.493 e. The number of carbonyl (C=O) groups is 2. The lowest BCUT2D eigenvalue weighted by molar-refractivity contribution is 0.0729. The van der Waals surface area contributed by atoms with Crippen molar-refractivity contribution < 1.29 is 28.6 Å². The number of nitrogens with zero attached hydrogens (tertiary/aromatic N) is 1. The van der Waals surface area contributed by atoms with Gasteiger partial charge in [-0.2, -0.15) is 0 Å². The topological polar surface area (TPSA) is 97.3 Å². The molecule has 2 rings (SSSR count). The molecule has 1 fully saturated rings. The van der Waals surface area contributed by atoms with Gasteiger partial charge < -0.3 is 23.9 Å². The number of hydrogen-bond acceptors (Lipinski definition) is 6. The maximum Gasteiger partial charge on any atom is 0.411 e. The van der Waals surface area contributed by atoms with Crippen molar-refractivity contribution in [2.75, 3.05) is 32.7 Å². The second-order valence-electron chi connectivity index (χ2n) is 9.79. The fraction of sp³-hybridized carbons (Fsp3) is 0.520. The first kappa shape index (κ1) is 27.5. The Morgan fingerprint density at radius 1 is 1.26 bits per heavy atom. The zero-order valence-corrected chi connectivity index (χ0v) is 22.2. The molecule has 34 heavy (non-hydrogen) atoms. The van der Waals surface area contributed by atoms with Gasteiger partial charge in [-0.15, -0.1) is 0 Å². The highest BCUT2D eigenvalue weighted by Gasteiger charge is 2.40. The van der Waals surface area contributed by atoms with Crippen LogP contribution in [0.4, 0.5) is 10.5 Å². The fourth-order valence-electron chi connectivity index (χ4n) is 3.80. The van der Waals surface area contributed by atoms with Crippen LogP contribution < -0.4 is 14.8 Å². The van der Waals surface area contributed by atoms with Crippen LogP contribution in [0.1, 0.15) is 43.5 Å². The molecule has 1 saturated heterocycles. The summed E-state index contributed by atoms with van der Waals surface area (Å²) in [7, 11) is 0.593. The molecule has 1 aliphatic rings. The summed E-state index contributed by atoms with van der Waals surface area (Å²) >= 11 is 0. The van der Waals surface area contributed by atoms with Gasteiger partial charge in [0.15, 0.2) is 19.8 Å². The van der Waals surface area contributed by atoms with Crippen LogP contribution >= 0.6 is 0 Å². The van der Waals surface area contributed by atoms with Gasteiger partial charge in [0.25, 0.3) is 5.91 Å². The van der Waals surface area contributed by atoms with Crippen molar-refractivity contribution in [1.29, 1.82) is 0 Å². The van der Waals surface area contributed by atoms with E-state index < -0.39 is 14.4 Å². The third-order valence-corrected chi connectivity index (χ3v) is 10.3. The standard InChI is InChI=1S/C25H38N2O6Si/c1-9-12-33-24(29)26-20-15-22(32-6)21(31-5)14-19(20)23(28)27-16-17(2)13-18(27)10-11-25(3,4)34(7,8)30/h9,14-15,18,30H,1-2,10-13,16H2,3-8H3,(H,26,29)/t18-/m1/s1. The van der Waals surface area contributed by atoms with Crippen LogP contribution in [0.15, 0.2) is 36.9 Å². The van der Waals surface area contributed by atoms with E-state index in [4.69, 9.17) is 14.2 Å². The largest absolute Gasteiger partial charge is 0.493 e. The highest BCUT2D eigenvalue weighted by molar-refractivity contribution is 6.72. The van der Waals surface area contributed by atoms with Gasteiger partial charge in [0.2, 0.25) is 0 Å². The van der Waals surface area contributed by atoms with Gasteiger partial charge in [0.05, 0.1) is 25.5 Å². The molecule has 2 N–H and O–H groups in total. The Bertz CT molecular complexity index is 938. The minimum absolute atomic E-state index is 0.0384. The Balaban J connectivity index is 2.37. The maximum atomic E-state index is 13.7. The Hall–Kier alpha value is -2.78. The number of methoxy groups -OCH3 is 2. The molecule has 9 heteroatoms. The van der Waals surface area contributed by atoms with Gasteiger partial charge in [0, 0.05) is 18.7 Å². The first-order valence-electron chi connectivity index (χ1n) is 11.3. The SMILES string of the molecule is C=CCOC(=O)Nc1cc(OC)c(OC)cc1C(=O)N1CC(=C)C[C@H]1CCC(C)(C)[Si](C)(C)O. The number of hydrogen-bond donors (Lipinski definition) is 2. The summed E-state index contributed by atoms with van der Waals surface area (Å²) in [6, 6.07) is 3.06. The van der Waals surface area contributed by atoms with Gasteiger partial charge in [-0.1, -0.05) is 38.7 Å². The van der Waals surface area contributed by atoms with Gasteiger partial charge in [-0.3, -0.25) is 10.1 Å². The number of anilines is 1. The molecule has 0 radical (unpaired) electrons. The minimum atomic E-state index is -2.37. The summed E-state index contributed by atoms with van der Waals surface area (Å²) in [6.45, 7) is 16.2. The Labute approximate surface area is 203 Å². The molecule has 0 saturated carbocycles. The molecule has 1 aliphatic heterocycles. The Kier molecular flexibility index (Phi) is 8.96. The quantitative estimate of drug-likeness (QED) is 0.355. The molecule has 2 amide bonds. The third-order valence-electron chi connectivity index (χ3n) is 6.70. The molecule has 1 atom stereocenters. The number of likely N-dealkylation sites (tertiary alicyclic amines) is 1. The monoisotopic (exact) mass is 490 g/mol. The molecule has 1 heterocycles. The Morgan fingerprint density at radius 3 is 2.44 bits per heavy atom. The van der Waals surface area contributed by atoms with E-state index in [9.17, 15) is 14.4 Å². The molecule has 0 aromatic heterocycles. The summed E-state index contributed by atoms with van der Waals surface area (Å²) in [4.78, 5) is 38.4. The van der Waals surface area contributed by atoms with Crippen molar-refractivity contribution in [3.63, 3.8) is 0 Å². The highest BCUT2D eigenvalue weighted by Crippen LogP contribution is 2.42. The molecule has 0 unspecified atom stereocenters. The smallest absolute Gasteiger partial charge is 0.411 e. The maximum absolute atomic E-state index is 13.7. The number of benzene rings is 1. The van der Waals surface area contributed by atoms with Gasteiger partial charge in [-0.25, -0.2) is 4.79 Å². The van der Waals surface area contributed by atoms with Crippen molar-refractivity contribution in [3.8, 4) is 11.5 Å². The lowest BCUT2D eigenvalue weighted by Crippen LogP contribution is -2.41. The normalized spacial score (nSPS) is 16.3. The van der Waals surface area contributed by atoms with E-state index in [1.54, 1.807) is 17.0 Å². The lowest BCUT2D eigenvalue weighted by Gasteiger charge is -2.36. The second-order valence-corrected chi connectivity index (χ2v) is 14.3. The number of amides is 2. The van der Waals surface area contributed by atoms with E-state index in [1.807, 2.05) is 13.1 Å². The van der Waals surface area contributed by atoms with E-state index >= 15 is 0 Å². The Morgan fingerprint density at radius 2 is 1.88 bits per heavy atom. The van der Waals surface area contributed by atoms with Gasteiger partial charge in [-0.05, 0) is 43.5 Å². The number of carbonyl (C=O) groups excluding carboxylic acids is 2. The lowest BCUT2D eigenvalue weighted by atomic mass is 9.99. The van der Waals surface area contributed by atoms with Crippen molar-refractivity contribution in [3.05, 3.63) is 42.5 Å². The van der Waals surface area contributed by atoms with Crippen molar-refractivity contribution in [2.45, 2.75) is 57.3 Å². The number of rotatable bonds is 10. The summed E-state index contributed by atoms with van der Waals surface area (Å²) < 4.78 is 15.8. The second kappa shape index (κ2) is 11.1. The fourth-order valence-corrected chi connectivity index (χ4v) is 4.56. The molecule has 0 bridgehead atoms. The summed E-state index contributed by atoms with van der Waals surface area (Å²) in [5, 5.41) is 2.44. The molecule has 0 spiro atoms. The molecule has 8 nitrogen and oxygen atoms in total. The average Bonchev–Trinajstić information content (AvgIpc) is 3.15. The number of ether oxygens (including phenoxy) is 3. The average molecular weight is 491 g/mol. The van der Waals surface area contributed by atoms with E-state index in [0.29, 0.717) is 24.5 Å². The van der Waals surface area contributed by atoms with Crippen LogP contribution in [-0.4, -0.2) is 63.4 Å². The van der Waals surface area contributed by atoms with Gasteiger partial charge >= 0.3 is 6.09 Å². The zero-order valence-electron chi connectivity index (χ0n) is 21.2. The summed E-state index contributed by atoms with van der Waals surface area (Å²) in [5.41, 5.74) is 1.50. The highest BCUT2D eigenvalue weighted by atomic mass is 28.4. The molecule has 188 valence electrons. The van der Waals surface area contributed by atoms with E-state index in [1.165, 1.54) is 20.3 Å². The predicted octanol–water partition coefficient (Wildman–Crippen LogP) is 4.97.